The standard InChI is InChI=1S/O.Ti.V.W/q-2;+4;;. The van der Waals surface area contributed by atoms with Gasteiger partial charge in [0.2, 0.25) is 0 Å². The van der Waals surface area contributed by atoms with Gasteiger partial charge in [-0.15, -0.1) is 0 Å². The number of hydrogen-bond donors (Lipinski definition) is 0. The molecule has 0 amide bonds. The average molecular weight is 299 g/mol. The van der Waals surface area contributed by atoms with E-state index in [1.807, 2.05) is 0 Å². The van der Waals surface area contributed by atoms with E-state index in [4.69, 9.17) is 0 Å². The molecule has 4 heteroatoms. The van der Waals surface area contributed by atoms with Gasteiger partial charge < -0.3 is 5.48 Å². The van der Waals surface area contributed by atoms with E-state index in [2.05, 4.69) is 0 Å². The second-order valence-corrected chi connectivity index (χ2v) is 0. The van der Waals surface area contributed by atoms with Crippen molar-refractivity contribution in [1.29, 1.82) is 0 Å². The van der Waals surface area contributed by atoms with Crippen LogP contribution in [0.4, 0.5) is 0 Å². The second-order valence-electron chi connectivity index (χ2n) is 0. The molecule has 0 atom stereocenters. The fourth-order valence-corrected chi connectivity index (χ4v) is 0. The van der Waals surface area contributed by atoms with E-state index in [1.165, 1.54) is 0 Å². The fraction of sp³-hybridized carbons (Fsp3) is 0. The molecule has 0 aliphatic heterocycles. The van der Waals surface area contributed by atoms with E-state index in [0.717, 1.165) is 0 Å². The maximum Gasteiger partial charge on any atom is 4.00 e. The summed E-state index contributed by atoms with van der Waals surface area (Å²) in [5.74, 6) is 0. The zero-order chi connectivity index (χ0) is 0. The second kappa shape index (κ2) is 20.3. The molecule has 0 aliphatic carbocycles. The first-order valence-corrected chi connectivity index (χ1v) is 0. The van der Waals surface area contributed by atoms with Crippen LogP contribution in [-0.2, 0) is 66.8 Å². The van der Waals surface area contributed by atoms with Crippen LogP contribution in [0.25, 0.3) is 0 Å². The number of rotatable bonds is 0. The first kappa shape index (κ1) is 38.4. The molecule has 0 fully saturated rings. The zero-order valence-corrected chi connectivity index (χ0v) is 7.66. The van der Waals surface area contributed by atoms with Gasteiger partial charge in [-0.1, -0.05) is 0 Å². The van der Waals surface area contributed by atoms with Gasteiger partial charge in [0.1, 0.15) is 0 Å². The summed E-state index contributed by atoms with van der Waals surface area (Å²) in [5.41, 5.74) is 0. The third-order valence-electron chi connectivity index (χ3n) is 0. The average Bonchev–Trinajstić information content (AvgIpc) is 0. The monoisotopic (exact) mass is 299 g/mol. The minimum absolute atomic E-state index is 0. The Kier molecular flexibility index (Phi) is 195. The molecule has 19 valence electrons. The van der Waals surface area contributed by atoms with E-state index in [0.29, 0.717) is 0 Å². The summed E-state index contributed by atoms with van der Waals surface area (Å²) in [7, 11) is 0. The summed E-state index contributed by atoms with van der Waals surface area (Å²) >= 11 is 0. The van der Waals surface area contributed by atoms with Gasteiger partial charge in [-0.2, -0.15) is 0 Å². The van der Waals surface area contributed by atoms with Crippen LogP contribution in [0.5, 0.6) is 0 Å². The van der Waals surface area contributed by atoms with Crippen molar-refractivity contribution in [2.45, 2.75) is 0 Å². The van der Waals surface area contributed by atoms with E-state index < -0.39 is 0 Å². The van der Waals surface area contributed by atoms with Crippen molar-refractivity contribution in [2.75, 3.05) is 0 Å². The van der Waals surface area contributed by atoms with Gasteiger partial charge in [0.05, 0.1) is 0 Å². The molecule has 0 heterocycles. The maximum atomic E-state index is 0. The van der Waals surface area contributed by atoms with Crippen LogP contribution in [0.2, 0.25) is 0 Å². The van der Waals surface area contributed by atoms with Gasteiger partial charge in [-0.25, -0.2) is 0 Å². The molecule has 1 nitrogen and oxygen atoms in total. The molecule has 0 spiro atoms. The molecule has 0 aromatic heterocycles. The van der Waals surface area contributed by atoms with Gasteiger partial charge in [-0.05, 0) is 0 Å². The molecule has 0 bridgehead atoms. The fourth-order valence-electron chi connectivity index (χ4n) is 0. The Labute approximate surface area is 66.3 Å². The van der Waals surface area contributed by atoms with Crippen molar-refractivity contribution in [3.8, 4) is 0 Å². The Balaban J connectivity index is 0. The third-order valence-corrected chi connectivity index (χ3v) is 0. The number of hydrogen-bond acceptors (Lipinski definition) is 0. The van der Waals surface area contributed by atoms with Gasteiger partial charge in [0, 0.05) is 39.6 Å². The first-order valence-electron chi connectivity index (χ1n) is 0. The van der Waals surface area contributed by atoms with Crippen LogP contribution in [0.15, 0.2) is 0 Å². The van der Waals surface area contributed by atoms with Gasteiger partial charge in [0.25, 0.3) is 0 Å². The smallest absolute Gasteiger partial charge is 2.00 e. The van der Waals surface area contributed by atoms with Crippen LogP contribution in [0, 0.1) is 0 Å². The predicted octanol–water partition coefficient (Wildman–Crippen LogP) is -0.126. The van der Waals surface area contributed by atoms with Crippen molar-refractivity contribution < 1.29 is 66.8 Å². The first-order chi connectivity index (χ1) is 0. The molecule has 0 N–H and O–H groups in total. The summed E-state index contributed by atoms with van der Waals surface area (Å²) in [5, 5.41) is 0. The molecule has 0 saturated carbocycles. The molecule has 0 rings (SSSR count). The van der Waals surface area contributed by atoms with Crippen molar-refractivity contribution in [2.24, 2.45) is 0 Å². The topological polar surface area (TPSA) is 28.5 Å². The largest absolute Gasteiger partial charge is 4.00 e. The van der Waals surface area contributed by atoms with E-state index >= 15 is 0 Å². The molecule has 0 aromatic rings. The molecule has 0 aromatic carbocycles. The van der Waals surface area contributed by atoms with Crippen LogP contribution in [0.3, 0.4) is 0 Å². The normalized spacial score (nSPS) is 0. The maximum absolute atomic E-state index is 0. The Morgan fingerprint density at radius 1 is 1.00 bits per heavy atom. The Hall–Kier alpha value is 1.95. The third kappa shape index (κ3) is 9.04. The van der Waals surface area contributed by atoms with Crippen LogP contribution in [0.1, 0.15) is 0 Å². The molecular formula is OTiVW+2. The van der Waals surface area contributed by atoms with Gasteiger partial charge in [-0.3, -0.25) is 0 Å². The predicted molar refractivity (Wildman–Crippen MR) is 0.686 cm³/mol. The van der Waals surface area contributed by atoms with E-state index in [-0.39, 0.29) is 66.8 Å². The summed E-state index contributed by atoms with van der Waals surface area (Å²) < 4.78 is 0. The van der Waals surface area contributed by atoms with Crippen LogP contribution in [-0.4, -0.2) is 0 Å². The summed E-state index contributed by atoms with van der Waals surface area (Å²) in [6, 6.07) is 0. The molecule has 0 aliphatic rings. The van der Waals surface area contributed by atoms with Crippen molar-refractivity contribution in [3.05, 3.63) is 0 Å². The molecule has 4 heavy (non-hydrogen) atoms. The van der Waals surface area contributed by atoms with Crippen LogP contribution < -0.4 is 0 Å². The Morgan fingerprint density at radius 3 is 1.00 bits per heavy atom. The minimum Gasteiger partial charge on any atom is -2.00 e. The van der Waals surface area contributed by atoms with Crippen molar-refractivity contribution in [3.63, 3.8) is 0 Å². The Bertz CT molecular complexity index is 8.00. The zero-order valence-electron chi connectivity index (χ0n) is 1.76. The summed E-state index contributed by atoms with van der Waals surface area (Å²) in [6.07, 6.45) is 0. The van der Waals surface area contributed by atoms with Gasteiger partial charge >= 0.3 is 21.7 Å². The quantitative estimate of drug-likeness (QED) is 0.558. The van der Waals surface area contributed by atoms with Gasteiger partial charge in [0.15, 0.2) is 0 Å². The minimum atomic E-state index is 0. The Morgan fingerprint density at radius 2 is 1.00 bits per heavy atom. The summed E-state index contributed by atoms with van der Waals surface area (Å²) in [6.45, 7) is 0. The summed E-state index contributed by atoms with van der Waals surface area (Å²) in [4.78, 5) is 0. The molecule has 0 saturated heterocycles. The SMILES string of the molecule is [O-2].[Ti+4].[V].[W]. The molecule has 1 radical (unpaired) electrons. The van der Waals surface area contributed by atoms with E-state index in [9.17, 15) is 0 Å². The van der Waals surface area contributed by atoms with Crippen LogP contribution >= 0.6 is 0 Å². The van der Waals surface area contributed by atoms with E-state index in [1.54, 1.807) is 0 Å². The van der Waals surface area contributed by atoms with Crippen molar-refractivity contribution in [1.82, 2.24) is 0 Å². The van der Waals surface area contributed by atoms with Crippen molar-refractivity contribution >= 4 is 0 Å². The molecule has 0 unspecified atom stereocenters. The molecular weight excluding hydrogens is 299 g/mol.